The minimum absolute atomic E-state index is 0.760. The van der Waals surface area contributed by atoms with E-state index in [9.17, 15) is 0 Å². The Hall–Kier alpha value is -0.260. The third-order valence-corrected chi connectivity index (χ3v) is 3.13. The molecule has 0 heteroatoms. The highest BCUT2D eigenvalue weighted by Gasteiger charge is 2.19. The van der Waals surface area contributed by atoms with Crippen LogP contribution in [0.25, 0.3) is 0 Å². The molecule has 0 amide bonds. The summed E-state index contributed by atoms with van der Waals surface area (Å²) in [6.45, 7) is 12.5. The van der Waals surface area contributed by atoms with Crippen LogP contribution in [0.3, 0.4) is 0 Å². The third kappa shape index (κ3) is 4.50. The lowest BCUT2D eigenvalue weighted by atomic mass is 9.78. The fourth-order valence-electron chi connectivity index (χ4n) is 2.04. The van der Waals surface area contributed by atoms with Crippen LogP contribution in [0.4, 0.5) is 0 Å². The van der Waals surface area contributed by atoms with Crippen LogP contribution in [-0.2, 0) is 0 Å². The lowest BCUT2D eigenvalue weighted by Gasteiger charge is -2.27. The molecule has 1 atom stereocenters. The molecule has 0 N–H and O–H groups in total. The molecule has 0 aromatic rings. The van der Waals surface area contributed by atoms with Gasteiger partial charge in [-0.2, -0.15) is 0 Å². The van der Waals surface area contributed by atoms with E-state index in [1.165, 1.54) is 37.7 Å². The predicted octanol–water partition coefficient (Wildman–Crippen LogP) is 4.81. The second-order valence-corrected chi connectivity index (χ2v) is 4.03. The van der Waals surface area contributed by atoms with Crippen LogP contribution in [0.15, 0.2) is 12.2 Å². The Bertz CT molecular complexity index is 129. The van der Waals surface area contributed by atoms with E-state index in [2.05, 4.69) is 20.4 Å². The van der Waals surface area contributed by atoms with Crippen LogP contribution >= 0.6 is 0 Å². The molecule has 0 bridgehead atoms. The van der Waals surface area contributed by atoms with E-state index >= 15 is 0 Å². The summed E-state index contributed by atoms with van der Waals surface area (Å²) in [6.07, 6.45) is 7.23. The van der Waals surface area contributed by atoms with E-state index in [-0.39, 0.29) is 0 Å². The Morgan fingerprint density at radius 3 is 2.00 bits per heavy atom. The molecule has 0 heterocycles. The summed E-state index contributed by atoms with van der Waals surface area (Å²) in [4.78, 5) is 0. The number of hydrogen-bond acceptors (Lipinski definition) is 0. The Balaban J connectivity index is 0.000000671. The zero-order valence-corrected chi connectivity index (χ0v) is 9.90. The quantitative estimate of drug-likeness (QED) is 0.538. The van der Waals surface area contributed by atoms with Gasteiger partial charge < -0.3 is 0 Å². The Kier molecular flexibility index (Phi) is 7.03. The van der Waals surface area contributed by atoms with Gasteiger partial charge in [0, 0.05) is 0 Å². The summed E-state index contributed by atoms with van der Waals surface area (Å²) in [6, 6.07) is 0. The minimum Gasteiger partial charge on any atom is -0.0999 e. The van der Waals surface area contributed by atoms with E-state index in [0.717, 1.165) is 11.8 Å². The van der Waals surface area contributed by atoms with Gasteiger partial charge in [0.25, 0.3) is 0 Å². The second-order valence-electron chi connectivity index (χ2n) is 4.03. The smallest absolute Gasteiger partial charge is 0.0209 e. The van der Waals surface area contributed by atoms with Gasteiger partial charge in [-0.05, 0) is 31.6 Å². The van der Waals surface area contributed by atoms with Crippen molar-refractivity contribution in [1.82, 2.24) is 0 Å². The van der Waals surface area contributed by atoms with Gasteiger partial charge in [-0.3, -0.25) is 0 Å². The molecule has 0 spiro atoms. The maximum atomic E-state index is 4.03. The Labute approximate surface area is 84.4 Å². The van der Waals surface area contributed by atoms with Crippen molar-refractivity contribution >= 4 is 0 Å². The summed E-state index contributed by atoms with van der Waals surface area (Å²) in [5.74, 6) is 1.71. The normalized spacial score (nSPS) is 20.0. The molecule has 13 heavy (non-hydrogen) atoms. The van der Waals surface area contributed by atoms with E-state index in [1.807, 2.05) is 13.8 Å². The highest BCUT2D eigenvalue weighted by molar-refractivity contribution is 4.97. The van der Waals surface area contributed by atoms with Crippen molar-refractivity contribution in [3.63, 3.8) is 0 Å². The monoisotopic (exact) mass is 182 g/mol. The summed E-state index contributed by atoms with van der Waals surface area (Å²) in [5, 5.41) is 0. The molecule has 0 saturated heterocycles. The summed E-state index contributed by atoms with van der Waals surface area (Å²) >= 11 is 0. The highest BCUT2D eigenvalue weighted by Crippen LogP contribution is 2.32. The molecule has 0 aliphatic heterocycles. The molecule has 0 aromatic heterocycles. The summed E-state index contributed by atoms with van der Waals surface area (Å²) in [7, 11) is 0. The average molecular weight is 182 g/mol. The highest BCUT2D eigenvalue weighted by atomic mass is 14.2. The molecule has 1 aliphatic rings. The zero-order valence-electron chi connectivity index (χ0n) is 9.90. The Morgan fingerprint density at radius 1 is 1.15 bits per heavy atom. The van der Waals surface area contributed by atoms with E-state index in [0.29, 0.717) is 0 Å². The van der Waals surface area contributed by atoms with Crippen molar-refractivity contribution in [3.8, 4) is 0 Å². The first-order valence-electron chi connectivity index (χ1n) is 5.87. The van der Waals surface area contributed by atoms with E-state index in [4.69, 9.17) is 0 Å². The summed E-state index contributed by atoms with van der Waals surface area (Å²) < 4.78 is 0. The van der Waals surface area contributed by atoms with Gasteiger partial charge in [-0.15, -0.1) is 0 Å². The van der Waals surface area contributed by atoms with Gasteiger partial charge in [0.2, 0.25) is 0 Å². The summed E-state index contributed by atoms with van der Waals surface area (Å²) in [5.41, 5.74) is 1.37. The first-order valence-corrected chi connectivity index (χ1v) is 5.87. The molecule has 1 rings (SSSR count). The first kappa shape index (κ1) is 12.7. The standard InChI is InChI=1S/C11H20.C2H6/c1-9(2)10(3)11-7-5-4-6-8-11;1-2/h10-11H,1,4-8H2,2-3H3;1-2H3/t10-;/m1./s1. The van der Waals surface area contributed by atoms with Crippen molar-refractivity contribution in [1.29, 1.82) is 0 Å². The topological polar surface area (TPSA) is 0 Å². The minimum atomic E-state index is 0.760. The zero-order chi connectivity index (χ0) is 10.3. The molecule has 0 nitrogen and oxygen atoms in total. The molecular formula is C13H26. The van der Waals surface area contributed by atoms with Gasteiger partial charge in [0.15, 0.2) is 0 Å². The van der Waals surface area contributed by atoms with Crippen molar-refractivity contribution in [2.24, 2.45) is 11.8 Å². The lowest BCUT2D eigenvalue weighted by molar-refractivity contribution is 0.291. The SMILES string of the molecule is C=C(C)[C@@H](C)C1CCCCC1.CC. The van der Waals surface area contributed by atoms with Crippen molar-refractivity contribution < 1.29 is 0 Å². The number of allylic oxidation sites excluding steroid dienone is 1. The van der Waals surface area contributed by atoms with Crippen LogP contribution in [0.2, 0.25) is 0 Å². The molecule has 0 unspecified atom stereocenters. The van der Waals surface area contributed by atoms with Gasteiger partial charge in [0.1, 0.15) is 0 Å². The van der Waals surface area contributed by atoms with Crippen LogP contribution in [0.1, 0.15) is 59.8 Å². The van der Waals surface area contributed by atoms with Gasteiger partial charge in [-0.25, -0.2) is 0 Å². The predicted molar refractivity (Wildman–Crippen MR) is 61.9 cm³/mol. The fourth-order valence-corrected chi connectivity index (χ4v) is 2.04. The Morgan fingerprint density at radius 2 is 1.62 bits per heavy atom. The van der Waals surface area contributed by atoms with Gasteiger partial charge in [0.05, 0.1) is 0 Å². The average Bonchev–Trinajstić information content (AvgIpc) is 2.21. The molecular weight excluding hydrogens is 156 g/mol. The second kappa shape index (κ2) is 7.17. The lowest BCUT2D eigenvalue weighted by Crippen LogP contribution is -2.15. The van der Waals surface area contributed by atoms with Crippen LogP contribution in [0, 0.1) is 11.8 Å². The molecule has 78 valence electrons. The van der Waals surface area contributed by atoms with Gasteiger partial charge in [-0.1, -0.05) is 52.2 Å². The fraction of sp³-hybridized carbons (Fsp3) is 0.846. The maximum Gasteiger partial charge on any atom is -0.0209 e. The van der Waals surface area contributed by atoms with E-state index in [1.54, 1.807) is 0 Å². The van der Waals surface area contributed by atoms with Crippen LogP contribution in [-0.4, -0.2) is 0 Å². The van der Waals surface area contributed by atoms with Crippen molar-refractivity contribution in [2.75, 3.05) is 0 Å². The molecule has 0 aromatic carbocycles. The largest absolute Gasteiger partial charge is 0.0999 e. The van der Waals surface area contributed by atoms with Crippen LogP contribution < -0.4 is 0 Å². The van der Waals surface area contributed by atoms with E-state index < -0.39 is 0 Å². The van der Waals surface area contributed by atoms with Crippen molar-refractivity contribution in [3.05, 3.63) is 12.2 Å². The molecule has 1 saturated carbocycles. The van der Waals surface area contributed by atoms with Crippen molar-refractivity contribution in [2.45, 2.75) is 59.8 Å². The number of rotatable bonds is 2. The molecule has 1 fully saturated rings. The maximum absolute atomic E-state index is 4.03. The number of hydrogen-bond donors (Lipinski definition) is 0. The van der Waals surface area contributed by atoms with Gasteiger partial charge >= 0.3 is 0 Å². The third-order valence-electron chi connectivity index (χ3n) is 3.13. The first-order chi connectivity index (χ1) is 6.22. The molecule has 0 radical (unpaired) electrons. The molecule has 1 aliphatic carbocycles. The van der Waals surface area contributed by atoms with Crippen LogP contribution in [0.5, 0.6) is 0 Å².